The second-order valence-corrected chi connectivity index (χ2v) is 5.20. The fourth-order valence-electron chi connectivity index (χ4n) is 2.31. The normalized spacial score (nSPS) is 12.1. The summed E-state index contributed by atoms with van der Waals surface area (Å²) in [6.45, 7) is 4.32. The number of carbonyl (C=O) groups excluding carboxylic acids is 1. The molecule has 0 fully saturated rings. The van der Waals surface area contributed by atoms with Gasteiger partial charge in [0, 0.05) is 17.6 Å². The van der Waals surface area contributed by atoms with Crippen LogP contribution in [0.5, 0.6) is 5.88 Å². The van der Waals surface area contributed by atoms with Gasteiger partial charge in [0.1, 0.15) is 11.3 Å². The number of fused-ring (bicyclic) bond motifs is 1. The van der Waals surface area contributed by atoms with Crippen molar-refractivity contribution in [3.05, 3.63) is 60.0 Å². The zero-order chi connectivity index (χ0) is 16.2. The van der Waals surface area contributed by atoms with Crippen molar-refractivity contribution in [1.29, 1.82) is 0 Å². The first kappa shape index (κ1) is 15.1. The molecule has 3 aromatic rings. The lowest BCUT2D eigenvalue weighted by Gasteiger charge is -2.11. The summed E-state index contributed by atoms with van der Waals surface area (Å²) in [6.07, 6.45) is 1.51. The average Bonchev–Trinajstić information content (AvgIpc) is 3.00. The van der Waals surface area contributed by atoms with Gasteiger partial charge in [-0.1, -0.05) is 18.2 Å². The van der Waals surface area contributed by atoms with Crippen molar-refractivity contribution in [2.24, 2.45) is 0 Å². The minimum Gasteiger partial charge on any atom is -0.478 e. The Balaban J connectivity index is 1.71. The van der Waals surface area contributed by atoms with Crippen molar-refractivity contribution < 1.29 is 13.9 Å². The number of ether oxygens (including phenoxy) is 1. The van der Waals surface area contributed by atoms with Gasteiger partial charge < -0.3 is 14.5 Å². The molecule has 1 unspecified atom stereocenters. The van der Waals surface area contributed by atoms with Gasteiger partial charge in [-0.2, -0.15) is 0 Å². The third-order valence-corrected chi connectivity index (χ3v) is 3.51. The number of nitrogens with zero attached hydrogens (tertiary/aromatic N) is 1. The van der Waals surface area contributed by atoms with Crippen LogP contribution in [0.15, 0.2) is 53.1 Å². The van der Waals surface area contributed by atoms with Crippen LogP contribution in [0.2, 0.25) is 0 Å². The second kappa shape index (κ2) is 6.52. The van der Waals surface area contributed by atoms with E-state index in [9.17, 15) is 4.79 Å². The van der Waals surface area contributed by atoms with E-state index < -0.39 is 0 Å². The first-order chi connectivity index (χ1) is 11.2. The monoisotopic (exact) mass is 310 g/mol. The van der Waals surface area contributed by atoms with E-state index >= 15 is 0 Å². The first-order valence-electron chi connectivity index (χ1n) is 7.55. The van der Waals surface area contributed by atoms with Gasteiger partial charge in [0.05, 0.1) is 18.2 Å². The van der Waals surface area contributed by atoms with Crippen LogP contribution in [0.25, 0.3) is 11.0 Å². The molecule has 1 N–H and O–H groups in total. The van der Waals surface area contributed by atoms with Crippen LogP contribution in [0.1, 0.15) is 36.0 Å². The van der Waals surface area contributed by atoms with Crippen molar-refractivity contribution in [3.8, 4) is 5.88 Å². The molecule has 0 saturated carbocycles. The summed E-state index contributed by atoms with van der Waals surface area (Å²) in [5.74, 6) is 1.03. The second-order valence-electron chi connectivity index (χ2n) is 5.20. The molecule has 5 heteroatoms. The predicted octanol–water partition coefficient (Wildman–Crippen LogP) is 3.72. The number of furan rings is 1. The molecule has 0 radical (unpaired) electrons. The van der Waals surface area contributed by atoms with E-state index in [-0.39, 0.29) is 11.9 Å². The molecule has 2 heterocycles. The van der Waals surface area contributed by atoms with Crippen molar-refractivity contribution in [2.75, 3.05) is 6.61 Å². The van der Waals surface area contributed by atoms with Gasteiger partial charge in [0.25, 0.3) is 5.91 Å². The van der Waals surface area contributed by atoms with E-state index in [1.54, 1.807) is 12.1 Å². The molecular formula is C18H18N2O3. The number of rotatable bonds is 5. The molecule has 3 rings (SSSR count). The standard InChI is InChI=1S/C18H18N2O3/c1-3-22-17-9-8-14(11-19-17)18(21)20-12(2)16-10-13-6-4-5-7-15(13)23-16/h4-12H,3H2,1-2H3,(H,20,21). The summed E-state index contributed by atoms with van der Waals surface area (Å²) in [7, 11) is 0. The SMILES string of the molecule is CCOc1ccc(C(=O)NC(C)c2cc3ccccc3o2)cn1. The molecule has 1 atom stereocenters. The molecule has 23 heavy (non-hydrogen) atoms. The lowest BCUT2D eigenvalue weighted by atomic mass is 10.2. The Morgan fingerprint density at radius 1 is 1.30 bits per heavy atom. The Kier molecular flexibility index (Phi) is 4.28. The third kappa shape index (κ3) is 3.34. The van der Waals surface area contributed by atoms with Gasteiger partial charge in [-0.25, -0.2) is 4.98 Å². The molecule has 0 aliphatic rings. The number of aromatic nitrogens is 1. The summed E-state index contributed by atoms with van der Waals surface area (Å²) < 4.78 is 11.0. The summed E-state index contributed by atoms with van der Waals surface area (Å²) >= 11 is 0. The zero-order valence-corrected chi connectivity index (χ0v) is 13.1. The predicted molar refractivity (Wildman–Crippen MR) is 87.5 cm³/mol. The lowest BCUT2D eigenvalue weighted by Crippen LogP contribution is -2.26. The molecule has 2 aromatic heterocycles. The number of nitrogens with one attached hydrogen (secondary N) is 1. The van der Waals surface area contributed by atoms with Gasteiger partial charge in [-0.3, -0.25) is 4.79 Å². The topological polar surface area (TPSA) is 64.4 Å². The molecule has 0 spiro atoms. The Hall–Kier alpha value is -2.82. The fraction of sp³-hybridized carbons (Fsp3) is 0.222. The number of amides is 1. The quantitative estimate of drug-likeness (QED) is 0.780. The van der Waals surface area contributed by atoms with Crippen LogP contribution >= 0.6 is 0 Å². The molecule has 0 saturated heterocycles. The maximum absolute atomic E-state index is 12.3. The number of carbonyl (C=O) groups is 1. The number of pyridine rings is 1. The van der Waals surface area contributed by atoms with Crippen LogP contribution in [0.3, 0.4) is 0 Å². The maximum atomic E-state index is 12.3. The largest absolute Gasteiger partial charge is 0.478 e. The minimum atomic E-state index is -0.235. The summed E-state index contributed by atoms with van der Waals surface area (Å²) in [5.41, 5.74) is 1.29. The molecule has 1 amide bonds. The van der Waals surface area contributed by atoms with Gasteiger partial charge in [-0.15, -0.1) is 0 Å². The van der Waals surface area contributed by atoms with Gasteiger partial charge >= 0.3 is 0 Å². The Labute approximate surface area is 134 Å². The van der Waals surface area contributed by atoms with Crippen molar-refractivity contribution >= 4 is 16.9 Å². The Bertz CT molecular complexity index is 776. The van der Waals surface area contributed by atoms with E-state index in [0.717, 1.165) is 16.7 Å². The van der Waals surface area contributed by atoms with Crippen LogP contribution in [-0.4, -0.2) is 17.5 Å². The fourth-order valence-corrected chi connectivity index (χ4v) is 2.31. The van der Waals surface area contributed by atoms with Gasteiger partial charge in [-0.05, 0) is 32.0 Å². The summed E-state index contributed by atoms with van der Waals surface area (Å²) in [6, 6.07) is 12.8. The van der Waals surface area contributed by atoms with Gasteiger partial charge in [0.15, 0.2) is 0 Å². The molecule has 0 aliphatic carbocycles. The van der Waals surface area contributed by atoms with Crippen molar-refractivity contribution in [3.63, 3.8) is 0 Å². The molecule has 1 aromatic carbocycles. The van der Waals surface area contributed by atoms with Crippen LogP contribution in [0, 0.1) is 0 Å². The Morgan fingerprint density at radius 2 is 2.13 bits per heavy atom. The average molecular weight is 310 g/mol. The van der Waals surface area contributed by atoms with E-state index in [2.05, 4.69) is 10.3 Å². The zero-order valence-electron chi connectivity index (χ0n) is 13.1. The number of benzene rings is 1. The molecule has 5 nitrogen and oxygen atoms in total. The van der Waals surface area contributed by atoms with Crippen LogP contribution in [-0.2, 0) is 0 Å². The molecular weight excluding hydrogens is 292 g/mol. The van der Waals surface area contributed by atoms with E-state index in [1.165, 1.54) is 6.20 Å². The highest BCUT2D eigenvalue weighted by Gasteiger charge is 2.15. The smallest absolute Gasteiger partial charge is 0.253 e. The molecule has 0 aliphatic heterocycles. The van der Waals surface area contributed by atoms with E-state index in [1.807, 2.05) is 44.2 Å². The van der Waals surface area contributed by atoms with E-state index in [0.29, 0.717) is 18.1 Å². The molecule has 0 bridgehead atoms. The summed E-state index contributed by atoms with van der Waals surface area (Å²) in [4.78, 5) is 16.4. The number of hydrogen-bond acceptors (Lipinski definition) is 4. The first-order valence-corrected chi connectivity index (χ1v) is 7.55. The maximum Gasteiger partial charge on any atom is 0.253 e. The highest BCUT2D eigenvalue weighted by molar-refractivity contribution is 5.94. The number of hydrogen-bond donors (Lipinski definition) is 1. The summed E-state index contributed by atoms with van der Waals surface area (Å²) in [5, 5.41) is 3.93. The highest BCUT2D eigenvalue weighted by Crippen LogP contribution is 2.23. The highest BCUT2D eigenvalue weighted by atomic mass is 16.5. The number of para-hydroxylation sites is 1. The van der Waals surface area contributed by atoms with Crippen molar-refractivity contribution in [1.82, 2.24) is 10.3 Å². The minimum absolute atomic E-state index is 0.200. The van der Waals surface area contributed by atoms with Gasteiger partial charge in [0.2, 0.25) is 5.88 Å². The van der Waals surface area contributed by atoms with E-state index in [4.69, 9.17) is 9.15 Å². The lowest BCUT2D eigenvalue weighted by molar-refractivity contribution is 0.0935. The van der Waals surface area contributed by atoms with Crippen molar-refractivity contribution in [2.45, 2.75) is 19.9 Å². The van der Waals surface area contributed by atoms with Crippen LogP contribution in [0.4, 0.5) is 0 Å². The van der Waals surface area contributed by atoms with Crippen LogP contribution < -0.4 is 10.1 Å². The Morgan fingerprint density at radius 3 is 2.83 bits per heavy atom. The third-order valence-electron chi connectivity index (χ3n) is 3.51. The molecule has 118 valence electrons.